The van der Waals surface area contributed by atoms with Gasteiger partial charge in [-0.2, -0.15) is 5.10 Å². The Morgan fingerprint density at radius 2 is 1.76 bits per heavy atom. The smallest absolute Gasteiger partial charge is 0.345 e. The van der Waals surface area contributed by atoms with Crippen LogP contribution in [0.25, 0.3) is 0 Å². The highest BCUT2D eigenvalue weighted by Gasteiger charge is 2.13. The summed E-state index contributed by atoms with van der Waals surface area (Å²) in [5, 5.41) is 4.58. The van der Waals surface area contributed by atoms with Crippen LogP contribution in [0.3, 0.4) is 0 Å². The van der Waals surface area contributed by atoms with Gasteiger partial charge in [-0.3, -0.25) is 4.79 Å². The minimum absolute atomic E-state index is 0.151. The lowest BCUT2D eigenvalue weighted by Crippen LogP contribution is -2.24. The summed E-state index contributed by atoms with van der Waals surface area (Å²) in [6.07, 6.45) is 1.48. The standard InChI is InChI=1S/C26H24Cl2N2O4/c1-16(2)19-7-4-17(3)24(12-19)33-15-25(31)30-29-14-18-5-9-21(10-6-18)34-26(32)22-11-8-20(27)13-23(22)28/h4-14,16H,15H2,1-3H3,(H,30,31)/b29-14+. The maximum absolute atomic E-state index is 12.3. The van der Waals surface area contributed by atoms with Gasteiger partial charge in [0.2, 0.25) is 0 Å². The quantitative estimate of drug-likeness (QED) is 0.174. The summed E-state index contributed by atoms with van der Waals surface area (Å²) in [4.78, 5) is 24.3. The van der Waals surface area contributed by atoms with Crippen LogP contribution in [0, 0.1) is 6.92 Å². The number of nitrogens with zero attached hydrogens (tertiary/aromatic N) is 1. The summed E-state index contributed by atoms with van der Waals surface area (Å²) >= 11 is 11.9. The van der Waals surface area contributed by atoms with E-state index in [-0.39, 0.29) is 23.1 Å². The summed E-state index contributed by atoms with van der Waals surface area (Å²) in [5.74, 6) is 0.409. The third-order valence-corrected chi connectivity index (χ3v) is 5.43. The number of carbonyl (C=O) groups excluding carboxylic acids is 2. The largest absolute Gasteiger partial charge is 0.483 e. The molecule has 1 N–H and O–H groups in total. The number of amides is 1. The average Bonchev–Trinajstić information content (AvgIpc) is 2.79. The molecule has 8 heteroatoms. The summed E-state index contributed by atoms with van der Waals surface area (Å²) in [6.45, 7) is 5.98. The van der Waals surface area contributed by atoms with Crippen LogP contribution in [0.5, 0.6) is 11.5 Å². The summed E-state index contributed by atoms with van der Waals surface area (Å²) in [7, 11) is 0. The van der Waals surface area contributed by atoms with Crippen LogP contribution in [0.15, 0.2) is 65.8 Å². The monoisotopic (exact) mass is 498 g/mol. The normalized spacial score (nSPS) is 11.0. The fourth-order valence-corrected chi connectivity index (χ4v) is 3.41. The lowest BCUT2D eigenvalue weighted by atomic mass is 10.0. The highest BCUT2D eigenvalue weighted by Crippen LogP contribution is 2.24. The molecule has 0 saturated heterocycles. The van der Waals surface area contributed by atoms with E-state index in [0.29, 0.717) is 28.0 Å². The molecule has 1 amide bonds. The Labute approximate surface area is 208 Å². The van der Waals surface area contributed by atoms with Crippen molar-refractivity contribution >= 4 is 41.3 Å². The lowest BCUT2D eigenvalue weighted by Gasteiger charge is -2.12. The van der Waals surface area contributed by atoms with Crippen molar-refractivity contribution in [2.24, 2.45) is 5.10 Å². The van der Waals surface area contributed by atoms with E-state index in [9.17, 15) is 9.59 Å². The third kappa shape index (κ3) is 7.07. The van der Waals surface area contributed by atoms with Gasteiger partial charge in [-0.15, -0.1) is 0 Å². The van der Waals surface area contributed by atoms with E-state index in [1.165, 1.54) is 18.3 Å². The molecule has 0 heterocycles. The van der Waals surface area contributed by atoms with Gasteiger partial charge in [-0.1, -0.05) is 49.2 Å². The predicted octanol–water partition coefficient (Wildman–Crippen LogP) is 6.17. The second-order valence-electron chi connectivity index (χ2n) is 7.84. The molecule has 0 saturated carbocycles. The number of rotatable bonds is 8. The van der Waals surface area contributed by atoms with Crippen molar-refractivity contribution in [2.45, 2.75) is 26.7 Å². The third-order valence-electron chi connectivity index (χ3n) is 4.88. The van der Waals surface area contributed by atoms with Crippen LogP contribution in [-0.4, -0.2) is 24.7 Å². The Kier molecular flexibility index (Phi) is 8.68. The average molecular weight is 499 g/mol. The van der Waals surface area contributed by atoms with Crippen LogP contribution in [0.2, 0.25) is 10.0 Å². The Balaban J connectivity index is 1.50. The lowest BCUT2D eigenvalue weighted by molar-refractivity contribution is -0.123. The van der Waals surface area contributed by atoms with Gasteiger partial charge in [-0.25, -0.2) is 10.2 Å². The van der Waals surface area contributed by atoms with Gasteiger partial charge in [0.15, 0.2) is 6.61 Å². The Bertz CT molecular complexity index is 1210. The number of nitrogens with one attached hydrogen (secondary N) is 1. The molecule has 3 aromatic rings. The first-order valence-electron chi connectivity index (χ1n) is 10.6. The van der Waals surface area contributed by atoms with Crippen LogP contribution in [0.4, 0.5) is 0 Å². The van der Waals surface area contributed by atoms with Gasteiger partial charge in [-0.05, 0) is 78.1 Å². The van der Waals surface area contributed by atoms with Gasteiger partial charge in [0.1, 0.15) is 11.5 Å². The molecule has 0 spiro atoms. The molecule has 0 bridgehead atoms. The molecule has 3 rings (SSSR count). The second-order valence-corrected chi connectivity index (χ2v) is 8.69. The van der Waals surface area contributed by atoms with Crippen molar-refractivity contribution in [1.82, 2.24) is 5.43 Å². The number of halogens is 2. The van der Waals surface area contributed by atoms with E-state index in [0.717, 1.165) is 11.1 Å². The molecule has 6 nitrogen and oxygen atoms in total. The van der Waals surface area contributed by atoms with E-state index in [2.05, 4.69) is 30.4 Å². The number of hydrogen-bond donors (Lipinski definition) is 1. The zero-order valence-corrected chi connectivity index (χ0v) is 20.5. The fraction of sp³-hybridized carbons (Fsp3) is 0.192. The van der Waals surface area contributed by atoms with E-state index < -0.39 is 5.97 Å². The van der Waals surface area contributed by atoms with E-state index in [1.807, 2.05) is 19.1 Å². The molecule has 0 aliphatic heterocycles. The molecule has 3 aromatic carbocycles. The topological polar surface area (TPSA) is 77.0 Å². The van der Waals surface area contributed by atoms with Crippen molar-refractivity contribution in [3.05, 3.63) is 93.0 Å². The van der Waals surface area contributed by atoms with Crippen LogP contribution >= 0.6 is 23.2 Å². The summed E-state index contributed by atoms with van der Waals surface area (Å²) < 4.78 is 11.0. The minimum Gasteiger partial charge on any atom is -0.483 e. The molecule has 0 aliphatic rings. The highest BCUT2D eigenvalue weighted by atomic mass is 35.5. The van der Waals surface area contributed by atoms with Gasteiger partial charge < -0.3 is 9.47 Å². The first kappa shape index (κ1) is 25.3. The van der Waals surface area contributed by atoms with Gasteiger partial charge in [0, 0.05) is 5.02 Å². The summed E-state index contributed by atoms with van der Waals surface area (Å²) in [6, 6.07) is 17.1. The number of benzene rings is 3. The molecule has 0 aromatic heterocycles. The molecule has 0 fully saturated rings. The maximum atomic E-state index is 12.3. The molecule has 0 atom stereocenters. The number of carbonyl (C=O) groups is 2. The second kappa shape index (κ2) is 11.7. The molecule has 0 unspecified atom stereocenters. The Morgan fingerprint density at radius 1 is 1.03 bits per heavy atom. The molecule has 0 aliphatic carbocycles. The van der Waals surface area contributed by atoms with Gasteiger partial charge in [0.25, 0.3) is 5.91 Å². The van der Waals surface area contributed by atoms with E-state index in [1.54, 1.807) is 30.3 Å². The SMILES string of the molecule is Cc1ccc(C(C)C)cc1OCC(=O)N/N=C/c1ccc(OC(=O)c2ccc(Cl)cc2Cl)cc1. The van der Waals surface area contributed by atoms with Crippen molar-refractivity contribution in [3.63, 3.8) is 0 Å². The first-order valence-corrected chi connectivity index (χ1v) is 11.3. The molecular weight excluding hydrogens is 475 g/mol. The number of aryl methyl sites for hydroxylation is 1. The first-order chi connectivity index (χ1) is 16.2. The van der Waals surface area contributed by atoms with Crippen LogP contribution < -0.4 is 14.9 Å². The molecular formula is C26H24Cl2N2O4. The Morgan fingerprint density at radius 3 is 2.44 bits per heavy atom. The van der Waals surface area contributed by atoms with Crippen molar-refractivity contribution in [2.75, 3.05) is 6.61 Å². The minimum atomic E-state index is -0.593. The maximum Gasteiger partial charge on any atom is 0.345 e. The number of hydrogen-bond acceptors (Lipinski definition) is 5. The van der Waals surface area contributed by atoms with Crippen LogP contribution in [0.1, 0.15) is 46.8 Å². The summed E-state index contributed by atoms with van der Waals surface area (Å²) in [5.41, 5.74) is 5.45. The van der Waals surface area contributed by atoms with E-state index >= 15 is 0 Å². The number of ether oxygens (including phenoxy) is 2. The number of esters is 1. The zero-order chi connectivity index (χ0) is 24.7. The van der Waals surface area contributed by atoms with Crippen molar-refractivity contribution in [3.8, 4) is 11.5 Å². The molecule has 34 heavy (non-hydrogen) atoms. The van der Waals surface area contributed by atoms with E-state index in [4.69, 9.17) is 32.7 Å². The molecule has 0 radical (unpaired) electrons. The van der Waals surface area contributed by atoms with Crippen LogP contribution in [-0.2, 0) is 4.79 Å². The van der Waals surface area contributed by atoms with Gasteiger partial charge >= 0.3 is 5.97 Å². The fourth-order valence-electron chi connectivity index (χ4n) is 2.92. The highest BCUT2D eigenvalue weighted by molar-refractivity contribution is 6.36. The zero-order valence-electron chi connectivity index (χ0n) is 19.0. The van der Waals surface area contributed by atoms with Crippen molar-refractivity contribution < 1.29 is 19.1 Å². The Hall–Kier alpha value is -3.35. The molecule has 176 valence electrons. The predicted molar refractivity (Wildman–Crippen MR) is 134 cm³/mol. The number of hydrazone groups is 1. The van der Waals surface area contributed by atoms with Crippen molar-refractivity contribution in [1.29, 1.82) is 0 Å². The van der Waals surface area contributed by atoms with Gasteiger partial charge in [0.05, 0.1) is 16.8 Å².